The summed E-state index contributed by atoms with van der Waals surface area (Å²) in [7, 11) is 0. The molecule has 10 nitrogen and oxygen atoms in total. The van der Waals surface area contributed by atoms with Crippen molar-refractivity contribution in [3.8, 4) is 11.6 Å². The van der Waals surface area contributed by atoms with Crippen molar-refractivity contribution < 1.29 is 19.0 Å². The first-order chi connectivity index (χ1) is 18.3. The van der Waals surface area contributed by atoms with Crippen LogP contribution in [0.15, 0.2) is 76.3 Å². The van der Waals surface area contributed by atoms with Crippen molar-refractivity contribution in [1.82, 2.24) is 19.1 Å². The van der Waals surface area contributed by atoms with Crippen LogP contribution in [-0.4, -0.2) is 30.2 Å². The fourth-order valence-electron chi connectivity index (χ4n) is 3.98. The second kappa shape index (κ2) is 10.5. The lowest BCUT2D eigenvalue weighted by Gasteiger charge is -2.16. The monoisotopic (exact) mass is 537 g/mol. The molecule has 12 heteroatoms. The Hall–Kier alpha value is -4.51. The third-order valence-electron chi connectivity index (χ3n) is 6.08. The molecule has 2 N–H and O–H groups in total. The van der Waals surface area contributed by atoms with Crippen LogP contribution in [0.2, 0.25) is 5.02 Å². The molecular formula is C26H21ClFN5O5. The van der Waals surface area contributed by atoms with Crippen molar-refractivity contribution in [3.63, 3.8) is 0 Å². The summed E-state index contributed by atoms with van der Waals surface area (Å²) < 4.78 is 21.1. The molecule has 1 fully saturated rings. The number of pyridine rings is 1. The molecule has 0 unspecified atom stereocenters. The summed E-state index contributed by atoms with van der Waals surface area (Å²) in [5.74, 6) is -2.00. The van der Waals surface area contributed by atoms with Gasteiger partial charge in [0.05, 0.1) is 12.5 Å². The molecule has 2 heterocycles. The number of ether oxygens (including phenoxy) is 1. The third kappa shape index (κ3) is 5.73. The Kier molecular flexibility index (Phi) is 6.93. The maximum absolute atomic E-state index is 13.4. The van der Waals surface area contributed by atoms with Crippen molar-refractivity contribution in [1.29, 1.82) is 0 Å². The van der Waals surface area contributed by atoms with Crippen molar-refractivity contribution in [2.45, 2.75) is 19.5 Å². The molecule has 2 atom stereocenters. The zero-order valence-corrected chi connectivity index (χ0v) is 20.5. The molecule has 38 heavy (non-hydrogen) atoms. The largest absolute Gasteiger partial charge is 0.481 e. The summed E-state index contributed by atoms with van der Waals surface area (Å²) in [6.45, 7) is 0.0633. The number of aliphatic carboxylic acids is 1. The molecule has 194 valence electrons. The first-order valence-corrected chi connectivity index (χ1v) is 12.0. The van der Waals surface area contributed by atoms with Gasteiger partial charge in [0.2, 0.25) is 17.8 Å². The molecule has 4 aromatic rings. The normalized spacial score (nSPS) is 16.2. The van der Waals surface area contributed by atoms with E-state index in [4.69, 9.17) is 16.3 Å². The predicted octanol–water partition coefficient (Wildman–Crippen LogP) is 3.90. The van der Waals surface area contributed by atoms with E-state index in [2.05, 4.69) is 15.3 Å². The summed E-state index contributed by atoms with van der Waals surface area (Å²) in [4.78, 5) is 45.2. The maximum Gasteiger partial charge on any atom is 0.354 e. The number of carboxylic acids is 1. The number of hydrogen-bond donors (Lipinski definition) is 2. The summed E-state index contributed by atoms with van der Waals surface area (Å²) in [6.07, 6.45) is 0.401. The van der Waals surface area contributed by atoms with Crippen LogP contribution in [0.25, 0.3) is 0 Å². The minimum atomic E-state index is -0.948. The SMILES string of the molecule is O=C(O)[C@@H]1C[C@@H]1Cn1c(=O)nc(Nc2ccc(Oc3cccc(F)n3)cc2)n(Cc2ccc(Cl)cc2)c1=O. The van der Waals surface area contributed by atoms with E-state index in [1.54, 1.807) is 48.5 Å². The summed E-state index contributed by atoms with van der Waals surface area (Å²) >= 11 is 5.99. The Labute approximate surface area is 219 Å². The standard InChI is InChI=1S/C26H21ClFN5O5/c27-17-6-4-15(5-7-17)13-32-24(31-25(36)33(26(32)37)14-16-12-20(16)23(34)35)29-18-8-10-19(11-9-18)38-22-3-1-2-21(28)30-22/h1-11,16,20H,12-14H2,(H,34,35)(H,29,31,36)/t16-,20-/m1/s1. The topological polar surface area (TPSA) is 128 Å². The lowest BCUT2D eigenvalue weighted by Crippen LogP contribution is -2.43. The van der Waals surface area contributed by atoms with Gasteiger partial charge >= 0.3 is 17.3 Å². The van der Waals surface area contributed by atoms with Crippen LogP contribution >= 0.6 is 11.6 Å². The van der Waals surface area contributed by atoms with Gasteiger partial charge < -0.3 is 15.2 Å². The number of halogens is 2. The average Bonchev–Trinajstić information content (AvgIpc) is 3.66. The van der Waals surface area contributed by atoms with Gasteiger partial charge in [-0.05, 0) is 60.4 Å². The van der Waals surface area contributed by atoms with E-state index in [-0.39, 0.29) is 30.8 Å². The first kappa shape index (κ1) is 25.2. The highest BCUT2D eigenvalue weighted by Gasteiger charge is 2.43. The minimum Gasteiger partial charge on any atom is -0.481 e. The zero-order chi connectivity index (χ0) is 26.8. The smallest absolute Gasteiger partial charge is 0.354 e. The molecule has 1 aliphatic rings. The minimum absolute atomic E-state index is 0.0113. The van der Waals surface area contributed by atoms with Crippen LogP contribution in [0.1, 0.15) is 12.0 Å². The Morgan fingerprint density at radius 3 is 2.45 bits per heavy atom. The van der Waals surface area contributed by atoms with Crippen LogP contribution in [-0.2, 0) is 17.9 Å². The van der Waals surface area contributed by atoms with E-state index in [0.717, 1.165) is 10.1 Å². The second-order valence-corrected chi connectivity index (χ2v) is 9.25. The Morgan fingerprint density at radius 2 is 1.79 bits per heavy atom. The maximum atomic E-state index is 13.4. The van der Waals surface area contributed by atoms with Gasteiger partial charge in [-0.15, -0.1) is 0 Å². The fourth-order valence-corrected chi connectivity index (χ4v) is 4.11. The summed E-state index contributed by atoms with van der Waals surface area (Å²) in [5.41, 5.74) is -0.145. The number of carbonyl (C=O) groups is 1. The van der Waals surface area contributed by atoms with E-state index < -0.39 is 29.2 Å². The molecule has 0 amide bonds. The van der Waals surface area contributed by atoms with Crippen LogP contribution in [0.3, 0.4) is 0 Å². The van der Waals surface area contributed by atoms with Gasteiger partial charge in [-0.2, -0.15) is 14.4 Å². The number of rotatable bonds is 9. The molecule has 5 rings (SSSR count). The second-order valence-electron chi connectivity index (χ2n) is 8.81. The third-order valence-corrected chi connectivity index (χ3v) is 6.34. The molecular weight excluding hydrogens is 517 g/mol. The average molecular weight is 538 g/mol. The molecule has 0 aliphatic heterocycles. The van der Waals surface area contributed by atoms with E-state index in [9.17, 15) is 23.9 Å². The number of nitrogens with zero attached hydrogens (tertiary/aromatic N) is 4. The van der Waals surface area contributed by atoms with Gasteiger partial charge in [-0.3, -0.25) is 9.36 Å². The molecule has 0 bridgehead atoms. The van der Waals surface area contributed by atoms with E-state index in [1.807, 2.05) is 0 Å². The van der Waals surface area contributed by atoms with Gasteiger partial charge in [0.25, 0.3) is 0 Å². The Bertz CT molecular complexity index is 1600. The highest BCUT2D eigenvalue weighted by Crippen LogP contribution is 2.39. The fraction of sp³-hybridized carbons (Fsp3) is 0.192. The lowest BCUT2D eigenvalue weighted by atomic mass is 10.2. The zero-order valence-electron chi connectivity index (χ0n) is 19.8. The van der Waals surface area contributed by atoms with Crippen molar-refractivity contribution in [2.75, 3.05) is 5.32 Å². The predicted molar refractivity (Wildman–Crippen MR) is 137 cm³/mol. The van der Waals surface area contributed by atoms with Crippen LogP contribution in [0.4, 0.5) is 16.0 Å². The van der Waals surface area contributed by atoms with Gasteiger partial charge in [0.1, 0.15) is 5.75 Å². The van der Waals surface area contributed by atoms with E-state index in [0.29, 0.717) is 22.9 Å². The number of benzene rings is 2. The highest BCUT2D eigenvalue weighted by molar-refractivity contribution is 6.30. The number of anilines is 2. The number of hydrogen-bond acceptors (Lipinski definition) is 7. The van der Waals surface area contributed by atoms with Gasteiger partial charge in [0.15, 0.2) is 0 Å². The van der Waals surface area contributed by atoms with Crippen molar-refractivity contribution in [2.24, 2.45) is 11.8 Å². The molecule has 1 saturated carbocycles. The summed E-state index contributed by atoms with van der Waals surface area (Å²) in [5, 5.41) is 12.7. The van der Waals surface area contributed by atoms with Crippen molar-refractivity contribution in [3.05, 3.63) is 104 Å². The van der Waals surface area contributed by atoms with E-state index >= 15 is 0 Å². The number of carboxylic acid groups (broad SMARTS) is 1. The van der Waals surface area contributed by atoms with Crippen molar-refractivity contribution >= 4 is 29.2 Å². The van der Waals surface area contributed by atoms with Crippen LogP contribution < -0.4 is 21.4 Å². The summed E-state index contributed by atoms with van der Waals surface area (Å²) in [6, 6.07) is 17.6. The number of nitrogens with one attached hydrogen (secondary N) is 1. The molecule has 0 radical (unpaired) electrons. The number of aromatic nitrogens is 4. The van der Waals surface area contributed by atoms with Crippen LogP contribution in [0, 0.1) is 17.8 Å². The molecule has 0 spiro atoms. The van der Waals surface area contributed by atoms with Gasteiger partial charge in [0, 0.05) is 23.3 Å². The molecule has 1 aliphatic carbocycles. The Morgan fingerprint density at radius 1 is 1.05 bits per heavy atom. The quantitative estimate of drug-likeness (QED) is 0.308. The molecule has 2 aromatic carbocycles. The first-order valence-electron chi connectivity index (χ1n) is 11.6. The van der Waals surface area contributed by atoms with Gasteiger partial charge in [-0.1, -0.05) is 29.8 Å². The lowest BCUT2D eigenvalue weighted by molar-refractivity contribution is -0.138. The van der Waals surface area contributed by atoms with Crippen LogP contribution in [0.5, 0.6) is 11.6 Å². The Balaban J connectivity index is 1.43. The highest BCUT2D eigenvalue weighted by atomic mass is 35.5. The molecule has 0 saturated heterocycles. The molecule has 2 aromatic heterocycles. The van der Waals surface area contributed by atoms with Gasteiger partial charge in [-0.25, -0.2) is 14.2 Å². The van der Waals surface area contributed by atoms with E-state index in [1.165, 1.54) is 22.8 Å².